The van der Waals surface area contributed by atoms with Gasteiger partial charge in [-0.3, -0.25) is 9.25 Å². The lowest BCUT2D eigenvalue weighted by molar-refractivity contribution is 0.100. The zero-order valence-electron chi connectivity index (χ0n) is 19.6. The Morgan fingerprint density at radius 2 is 2.03 bits per heavy atom. The molecule has 0 amide bonds. The van der Waals surface area contributed by atoms with E-state index in [4.69, 9.17) is 9.15 Å². The zero-order valence-corrected chi connectivity index (χ0v) is 19.6. The summed E-state index contributed by atoms with van der Waals surface area (Å²) in [6.45, 7) is 1.25. The minimum atomic E-state index is -0.335. The van der Waals surface area contributed by atoms with Gasteiger partial charge < -0.3 is 14.5 Å². The van der Waals surface area contributed by atoms with E-state index in [1.54, 1.807) is 34.9 Å². The lowest BCUT2D eigenvalue weighted by Gasteiger charge is -2.13. The highest BCUT2D eigenvalue weighted by Crippen LogP contribution is 2.35. The van der Waals surface area contributed by atoms with Crippen molar-refractivity contribution in [2.45, 2.75) is 31.9 Å². The minimum absolute atomic E-state index is 0.150. The lowest BCUT2D eigenvalue weighted by Crippen LogP contribution is -2.25. The van der Waals surface area contributed by atoms with Crippen LogP contribution in [0.3, 0.4) is 0 Å². The van der Waals surface area contributed by atoms with Gasteiger partial charge in [0.05, 0.1) is 17.7 Å². The van der Waals surface area contributed by atoms with Crippen LogP contribution in [0.4, 0.5) is 5.82 Å². The van der Waals surface area contributed by atoms with Gasteiger partial charge in [-0.25, -0.2) is 14.8 Å². The number of hydrogen-bond acceptors (Lipinski definition) is 8. The van der Waals surface area contributed by atoms with Crippen LogP contribution < -0.4 is 11.0 Å². The smallest absolute Gasteiger partial charge is 0.348 e. The highest BCUT2D eigenvalue weighted by Gasteiger charge is 2.23. The van der Waals surface area contributed by atoms with Gasteiger partial charge in [-0.05, 0) is 37.5 Å². The zero-order chi connectivity index (χ0) is 23.9. The fraction of sp³-hybridized carbons (Fsp3) is 0.320. The fourth-order valence-corrected chi connectivity index (χ4v) is 4.66. The molecular weight excluding hydrogens is 446 g/mol. The molecule has 5 aromatic heterocycles. The monoisotopic (exact) mass is 471 g/mol. The number of rotatable bonds is 6. The first-order valence-corrected chi connectivity index (χ1v) is 11.7. The SMILES string of the molecule is CNc1ccc(-c2nc(=O)n(CC[C@H]3CCCO3)c3c2oc2ncc(-c4cnn(C)c4)cc23)cn1. The number of anilines is 1. The van der Waals surface area contributed by atoms with Crippen molar-refractivity contribution in [3.63, 3.8) is 0 Å². The van der Waals surface area contributed by atoms with Gasteiger partial charge >= 0.3 is 5.69 Å². The third kappa shape index (κ3) is 3.85. The Kier molecular flexibility index (Phi) is 5.29. The van der Waals surface area contributed by atoms with Crippen molar-refractivity contribution < 1.29 is 9.15 Å². The summed E-state index contributed by atoms with van der Waals surface area (Å²) in [4.78, 5) is 26.7. The van der Waals surface area contributed by atoms with Crippen LogP contribution in [0.5, 0.6) is 0 Å². The molecule has 0 saturated carbocycles. The van der Waals surface area contributed by atoms with Crippen molar-refractivity contribution in [1.82, 2.24) is 29.3 Å². The highest BCUT2D eigenvalue weighted by molar-refractivity contribution is 6.06. The number of pyridine rings is 2. The van der Waals surface area contributed by atoms with Crippen molar-refractivity contribution in [2.75, 3.05) is 19.0 Å². The topological polar surface area (TPSA) is 113 Å². The van der Waals surface area contributed by atoms with E-state index < -0.39 is 0 Å². The molecule has 0 radical (unpaired) electrons. The van der Waals surface area contributed by atoms with Gasteiger partial charge in [0.15, 0.2) is 5.58 Å². The molecule has 1 atom stereocenters. The second-order valence-electron chi connectivity index (χ2n) is 8.76. The fourth-order valence-electron chi connectivity index (χ4n) is 4.66. The molecule has 1 saturated heterocycles. The van der Waals surface area contributed by atoms with Crippen LogP contribution in [-0.4, -0.2) is 49.1 Å². The number of aromatic nitrogens is 6. The van der Waals surface area contributed by atoms with E-state index in [0.29, 0.717) is 34.6 Å². The quantitative estimate of drug-likeness (QED) is 0.400. The van der Waals surface area contributed by atoms with Gasteiger partial charge in [-0.15, -0.1) is 0 Å². The molecule has 0 aliphatic carbocycles. The van der Waals surface area contributed by atoms with Crippen LogP contribution >= 0.6 is 0 Å². The second-order valence-corrected chi connectivity index (χ2v) is 8.76. The summed E-state index contributed by atoms with van der Waals surface area (Å²) in [5, 5.41) is 8.03. The van der Waals surface area contributed by atoms with Crippen molar-refractivity contribution in [3.05, 3.63) is 53.5 Å². The molecule has 178 valence electrons. The first kappa shape index (κ1) is 21.5. The molecular formula is C25H25N7O3. The van der Waals surface area contributed by atoms with Gasteiger partial charge in [0.2, 0.25) is 5.71 Å². The molecule has 5 aromatic rings. The Morgan fingerprint density at radius 3 is 2.74 bits per heavy atom. The number of aryl methyl sites for hydroxylation is 2. The second kappa shape index (κ2) is 8.62. The Labute approximate surface area is 200 Å². The Morgan fingerprint density at radius 1 is 1.14 bits per heavy atom. The molecule has 35 heavy (non-hydrogen) atoms. The van der Waals surface area contributed by atoms with Gasteiger partial charge in [0.1, 0.15) is 17.0 Å². The maximum Gasteiger partial charge on any atom is 0.348 e. The molecule has 0 spiro atoms. The van der Waals surface area contributed by atoms with E-state index in [9.17, 15) is 4.79 Å². The maximum absolute atomic E-state index is 13.4. The van der Waals surface area contributed by atoms with Gasteiger partial charge in [0, 0.05) is 62.5 Å². The Hall–Kier alpha value is -4.05. The normalized spacial score (nSPS) is 15.9. The van der Waals surface area contributed by atoms with E-state index in [2.05, 4.69) is 25.4 Å². The molecule has 0 aromatic carbocycles. The van der Waals surface area contributed by atoms with Gasteiger partial charge in [-0.1, -0.05) is 0 Å². The summed E-state index contributed by atoms with van der Waals surface area (Å²) < 4.78 is 15.5. The summed E-state index contributed by atoms with van der Waals surface area (Å²) >= 11 is 0. The summed E-state index contributed by atoms with van der Waals surface area (Å²) in [6.07, 6.45) is 10.1. The van der Waals surface area contributed by atoms with Crippen molar-refractivity contribution >= 4 is 28.0 Å². The number of hydrogen-bond donors (Lipinski definition) is 1. The van der Waals surface area contributed by atoms with Crippen LogP contribution in [-0.2, 0) is 18.3 Å². The number of fused-ring (bicyclic) bond motifs is 3. The first-order valence-electron chi connectivity index (χ1n) is 11.7. The van der Waals surface area contributed by atoms with E-state index in [1.807, 2.05) is 31.4 Å². The maximum atomic E-state index is 13.4. The molecule has 10 heteroatoms. The molecule has 1 N–H and O–H groups in total. The van der Waals surface area contributed by atoms with Crippen LogP contribution in [0, 0.1) is 0 Å². The van der Waals surface area contributed by atoms with Crippen molar-refractivity contribution in [1.29, 1.82) is 0 Å². The van der Waals surface area contributed by atoms with Gasteiger partial charge in [-0.2, -0.15) is 10.1 Å². The number of nitrogens with one attached hydrogen (secondary N) is 1. The van der Waals surface area contributed by atoms with Crippen molar-refractivity contribution in [2.24, 2.45) is 7.05 Å². The van der Waals surface area contributed by atoms with Crippen LogP contribution in [0.25, 0.3) is 44.6 Å². The molecule has 0 bridgehead atoms. The molecule has 10 nitrogen and oxygen atoms in total. The van der Waals surface area contributed by atoms with E-state index in [-0.39, 0.29) is 11.8 Å². The molecule has 0 unspecified atom stereocenters. The van der Waals surface area contributed by atoms with Gasteiger partial charge in [0.25, 0.3) is 0 Å². The third-order valence-electron chi connectivity index (χ3n) is 6.47. The number of furan rings is 1. The molecule has 1 fully saturated rings. The summed E-state index contributed by atoms with van der Waals surface area (Å²) in [5.74, 6) is 0.724. The summed E-state index contributed by atoms with van der Waals surface area (Å²) in [5.41, 5.74) is 4.30. The largest absolute Gasteiger partial charge is 0.434 e. The third-order valence-corrected chi connectivity index (χ3v) is 6.47. The number of ether oxygens (including phenoxy) is 1. The first-order chi connectivity index (χ1) is 17.1. The molecule has 6 rings (SSSR count). The predicted octanol–water partition coefficient (Wildman–Crippen LogP) is 3.61. The Bertz CT molecular complexity index is 1580. The van der Waals surface area contributed by atoms with Crippen molar-refractivity contribution in [3.8, 4) is 22.4 Å². The summed E-state index contributed by atoms with van der Waals surface area (Å²) in [7, 11) is 3.68. The van der Waals surface area contributed by atoms with E-state index >= 15 is 0 Å². The van der Waals surface area contributed by atoms with E-state index in [0.717, 1.165) is 48.2 Å². The van der Waals surface area contributed by atoms with Crippen LogP contribution in [0.1, 0.15) is 19.3 Å². The standard InChI is InChI=1S/C25H25N7O3/c1-26-20-6-5-15(11-27-20)21-23-22(32(25(33)30-21)8-7-18-4-3-9-34-18)19-10-16(12-28-24(19)35-23)17-13-29-31(2)14-17/h5-6,10-14,18H,3-4,7-9H2,1-2H3,(H,26,27)/t18-/m1/s1. The van der Waals surface area contributed by atoms with Crippen LogP contribution in [0.15, 0.2) is 52.2 Å². The molecule has 1 aliphatic rings. The predicted molar refractivity (Wildman–Crippen MR) is 132 cm³/mol. The average molecular weight is 472 g/mol. The average Bonchev–Trinajstić information content (AvgIpc) is 3.63. The minimum Gasteiger partial charge on any atom is -0.434 e. The van der Waals surface area contributed by atoms with Crippen LogP contribution in [0.2, 0.25) is 0 Å². The number of nitrogens with zero attached hydrogens (tertiary/aromatic N) is 6. The summed E-state index contributed by atoms with van der Waals surface area (Å²) in [6, 6.07) is 5.71. The Balaban J connectivity index is 1.56. The highest BCUT2D eigenvalue weighted by atomic mass is 16.5. The molecule has 6 heterocycles. The lowest BCUT2D eigenvalue weighted by atomic mass is 10.1. The molecule has 1 aliphatic heterocycles. The van der Waals surface area contributed by atoms with E-state index in [1.165, 1.54) is 0 Å².